The molecule has 1 aliphatic carbocycles. The van der Waals surface area contributed by atoms with Gasteiger partial charge in [0.25, 0.3) is 5.91 Å². The zero-order chi connectivity index (χ0) is 17.1. The zero-order valence-electron chi connectivity index (χ0n) is 12.4. The molecule has 2 aromatic rings. The number of thiophene rings is 1. The summed E-state index contributed by atoms with van der Waals surface area (Å²) in [5.41, 5.74) is -1.55. The molecular weight excluding hydrogens is 369 g/mol. The molecule has 1 aromatic heterocycles. The normalized spacial score (nSPS) is 22.4. The number of hydrogen-bond acceptors (Lipinski definition) is 4. The summed E-state index contributed by atoms with van der Waals surface area (Å²) in [6.07, 6.45) is 1.94. The van der Waals surface area contributed by atoms with Crippen LogP contribution in [0.2, 0.25) is 10.0 Å². The van der Waals surface area contributed by atoms with E-state index < -0.39 is 11.5 Å². The van der Waals surface area contributed by atoms with E-state index in [1.54, 1.807) is 6.07 Å². The maximum Gasteiger partial charge on any atom is 0.261 e. The third kappa shape index (κ3) is 2.47. The van der Waals surface area contributed by atoms with E-state index in [9.17, 15) is 14.7 Å². The van der Waals surface area contributed by atoms with Gasteiger partial charge >= 0.3 is 0 Å². The van der Waals surface area contributed by atoms with E-state index in [1.807, 2.05) is 6.07 Å². The van der Waals surface area contributed by atoms with Crippen LogP contribution in [0.25, 0.3) is 0 Å². The first kappa shape index (κ1) is 16.1. The monoisotopic (exact) mass is 381 g/mol. The summed E-state index contributed by atoms with van der Waals surface area (Å²) < 4.78 is 0. The lowest BCUT2D eigenvalue weighted by molar-refractivity contribution is -0.133. The van der Waals surface area contributed by atoms with Crippen molar-refractivity contribution >= 4 is 51.9 Å². The fourth-order valence-electron chi connectivity index (χ4n) is 2.99. The number of hydrogen-bond donors (Lipinski definition) is 2. The fraction of sp³-hybridized carbons (Fsp3) is 0.294. The Hall–Kier alpha value is -1.40. The van der Waals surface area contributed by atoms with Gasteiger partial charge in [-0.3, -0.25) is 9.59 Å². The molecule has 0 bridgehead atoms. The Bertz CT molecular complexity index is 875. The molecule has 1 aromatic carbocycles. The van der Waals surface area contributed by atoms with Crippen LogP contribution in [-0.4, -0.2) is 16.8 Å². The van der Waals surface area contributed by atoms with Crippen LogP contribution < -0.4 is 5.32 Å². The van der Waals surface area contributed by atoms with Crippen LogP contribution in [0.5, 0.6) is 0 Å². The van der Waals surface area contributed by atoms with Gasteiger partial charge in [0.15, 0.2) is 11.4 Å². The van der Waals surface area contributed by atoms with Crippen LogP contribution >= 0.6 is 34.5 Å². The molecule has 2 N–H and O–H groups in total. The number of carbonyl (C=O) groups excluding carboxylic acids is 2. The van der Waals surface area contributed by atoms with Crippen LogP contribution in [0.4, 0.5) is 5.69 Å². The van der Waals surface area contributed by atoms with Crippen molar-refractivity contribution in [1.82, 2.24) is 0 Å². The maximum absolute atomic E-state index is 12.6. The summed E-state index contributed by atoms with van der Waals surface area (Å²) in [7, 11) is 0. The second-order valence-electron chi connectivity index (χ2n) is 6.17. The predicted molar refractivity (Wildman–Crippen MR) is 94.2 cm³/mol. The van der Waals surface area contributed by atoms with Crippen LogP contribution in [0.15, 0.2) is 24.3 Å². The molecule has 0 radical (unpaired) electrons. The van der Waals surface area contributed by atoms with Gasteiger partial charge in [-0.25, -0.2) is 0 Å². The molecule has 7 heteroatoms. The van der Waals surface area contributed by atoms with Crippen molar-refractivity contribution < 1.29 is 14.7 Å². The topological polar surface area (TPSA) is 66.4 Å². The number of halogens is 2. The largest absolute Gasteiger partial charge is 0.375 e. The second-order valence-corrected chi connectivity index (χ2v) is 8.10. The van der Waals surface area contributed by atoms with Crippen molar-refractivity contribution in [2.45, 2.75) is 30.8 Å². The van der Waals surface area contributed by atoms with E-state index in [2.05, 4.69) is 5.32 Å². The smallest absolute Gasteiger partial charge is 0.261 e. The Labute approximate surface area is 152 Å². The van der Waals surface area contributed by atoms with Crippen molar-refractivity contribution in [1.29, 1.82) is 0 Å². The van der Waals surface area contributed by atoms with Gasteiger partial charge in [-0.1, -0.05) is 23.2 Å². The molecule has 2 heterocycles. The number of fused-ring (bicyclic) bond motifs is 1. The van der Waals surface area contributed by atoms with Crippen molar-refractivity contribution in [3.8, 4) is 0 Å². The quantitative estimate of drug-likeness (QED) is 0.773. The molecule has 4 nitrogen and oxygen atoms in total. The standard InChI is InChI=1S/C17H13Cl2NO3S/c18-9-3-4-10(19)15-14(9)17(23,16(22)20-15)7-11(21)13-6-5-12(24-13)8-1-2-8/h3-6,8,23H,1-2,7H2,(H,20,22). The van der Waals surface area contributed by atoms with Gasteiger partial charge in [0, 0.05) is 15.5 Å². The number of anilines is 1. The highest BCUT2D eigenvalue weighted by molar-refractivity contribution is 7.14. The minimum atomic E-state index is -2.00. The zero-order valence-corrected chi connectivity index (χ0v) is 14.8. The highest BCUT2D eigenvalue weighted by Gasteiger charge is 2.49. The van der Waals surface area contributed by atoms with Gasteiger partial charge in [-0.15, -0.1) is 11.3 Å². The summed E-state index contributed by atoms with van der Waals surface area (Å²) in [4.78, 5) is 26.7. The Morgan fingerprint density at radius 1 is 1.25 bits per heavy atom. The third-order valence-corrected chi connectivity index (χ3v) is 6.35. The van der Waals surface area contributed by atoms with Crippen LogP contribution in [0, 0.1) is 0 Å². The van der Waals surface area contributed by atoms with Crippen LogP contribution in [0.3, 0.4) is 0 Å². The van der Waals surface area contributed by atoms with Crippen molar-refractivity contribution in [2.75, 3.05) is 5.32 Å². The van der Waals surface area contributed by atoms with Crippen molar-refractivity contribution in [3.63, 3.8) is 0 Å². The summed E-state index contributed by atoms with van der Waals surface area (Å²) in [5, 5.41) is 13.9. The highest BCUT2D eigenvalue weighted by Crippen LogP contribution is 2.47. The summed E-state index contributed by atoms with van der Waals surface area (Å²) in [5.74, 6) is -0.406. The molecular formula is C17H13Cl2NO3S. The van der Waals surface area contributed by atoms with Gasteiger partial charge in [-0.05, 0) is 43.0 Å². The first-order chi connectivity index (χ1) is 11.4. The maximum atomic E-state index is 12.6. The lowest BCUT2D eigenvalue weighted by Crippen LogP contribution is -2.36. The van der Waals surface area contributed by atoms with Gasteiger partial charge in [-0.2, -0.15) is 0 Å². The molecule has 2 aliphatic rings. The van der Waals surface area contributed by atoms with Gasteiger partial charge in [0.2, 0.25) is 0 Å². The molecule has 0 spiro atoms. The van der Waals surface area contributed by atoms with Gasteiger partial charge in [0.05, 0.1) is 22.0 Å². The minimum Gasteiger partial charge on any atom is -0.375 e. The first-order valence-electron chi connectivity index (χ1n) is 7.55. The van der Waals surface area contributed by atoms with Crippen LogP contribution in [0.1, 0.15) is 45.3 Å². The number of aliphatic hydroxyl groups is 1. The Balaban J connectivity index is 1.67. The number of carbonyl (C=O) groups is 2. The fourth-order valence-corrected chi connectivity index (χ4v) is 4.62. The first-order valence-corrected chi connectivity index (χ1v) is 9.12. The van der Waals surface area contributed by atoms with Gasteiger partial charge in [0.1, 0.15) is 0 Å². The number of Topliss-reactive ketones (excluding diaryl/α,β-unsaturated/α-hetero) is 1. The highest BCUT2D eigenvalue weighted by atomic mass is 35.5. The molecule has 124 valence electrons. The lowest BCUT2D eigenvalue weighted by atomic mass is 9.89. The Morgan fingerprint density at radius 3 is 2.67 bits per heavy atom. The van der Waals surface area contributed by atoms with Crippen molar-refractivity contribution in [3.05, 3.63) is 49.6 Å². The summed E-state index contributed by atoms with van der Waals surface area (Å²) >= 11 is 13.7. The number of benzene rings is 1. The minimum absolute atomic E-state index is 0.175. The average molecular weight is 382 g/mol. The SMILES string of the molecule is O=C(CC1(O)C(=O)Nc2c(Cl)ccc(Cl)c21)c1ccc(C2CC2)s1. The van der Waals surface area contributed by atoms with E-state index >= 15 is 0 Å². The van der Waals surface area contributed by atoms with Crippen molar-refractivity contribution in [2.24, 2.45) is 0 Å². The molecule has 1 atom stereocenters. The molecule has 4 rings (SSSR count). The molecule has 24 heavy (non-hydrogen) atoms. The molecule has 1 fully saturated rings. The van der Waals surface area contributed by atoms with E-state index in [0.29, 0.717) is 10.8 Å². The van der Waals surface area contributed by atoms with E-state index in [-0.39, 0.29) is 33.5 Å². The number of amides is 1. The molecule has 1 unspecified atom stereocenters. The average Bonchev–Trinajstić information content (AvgIpc) is 3.20. The van der Waals surface area contributed by atoms with Gasteiger partial charge < -0.3 is 10.4 Å². The summed E-state index contributed by atoms with van der Waals surface area (Å²) in [6, 6.07) is 6.76. The molecule has 1 aliphatic heterocycles. The number of nitrogens with one attached hydrogen (secondary N) is 1. The Morgan fingerprint density at radius 2 is 1.96 bits per heavy atom. The number of rotatable bonds is 4. The molecule has 0 saturated heterocycles. The molecule has 1 amide bonds. The van der Waals surface area contributed by atoms with E-state index in [0.717, 1.165) is 12.8 Å². The van der Waals surface area contributed by atoms with E-state index in [4.69, 9.17) is 23.2 Å². The second kappa shape index (κ2) is 5.56. The van der Waals surface area contributed by atoms with Crippen LogP contribution in [-0.2, 0) is 10.4 Å². The lowest BCUT2D eigenvalue weighted by Gasteiger charge is -2.20. The van der Waals surface area contributed by atoms with E-state index in [1.165, 1.54) is 28.3 Å². The predicted octanol–water partition coefficient (Wildman–Crippen LogP) is 4.35. The summed E-state index contributed by atoms with van der Waals surface area (Å²) in [6.45, 7) is 0. The number of ketones is 1. The Kier molecular flexibility index (Phi) is 3.73. The molecule has 1 saturated carbocycles. The third-order valence-electron chi connectivity index (χ3n) is 4.43.